The van der Waals surface area contributed by atoms with E-state index in [0.717, 1.165) is 29.4 Å². The summed E-state index contributed by atoms with van der Waals surface area (Å²) >= 11 is 7.48. The summed E-state index contributed by atoms with van der Waals surface area (Å²) in [4.78, 5) is 4.37. The standard InChI is InChI=1S/C17H18ClN5OS/c1-3-5-15-19-14(22-24-15)11-25-17-21-20-16(23(17)10-4-2)12-6-8-13(18)9-7-12/h4,6-9H,2-3,5,10-11H2,1H3. The van der Waals surface area contributed by atoms with Crippen LogP contribution in [0.1, 0.15) is 25.1 Å². The molecule has 0 atom stereocenters. The van der Waals surface area contributed by atoms with Gasteiger partial charge in [-0.25, -0.2) is 0 Å². The first-order chi connectivity index (χ1) is 12.2. The number of rotatable bonds is 8. The van der Waals surface area contributed by atoms with Crippen LogP contribution >= 0.6 is 23.4 Å². The zero-order valence-electron chi connectivity index (χ0n) is 13.9. The van der Waals surface area contributed by atoms with Gasteiger partial charge in [-0.05, 0) is 30.7 Å². The van der Waals surface area contributed by atoms with E-state index in [1.807, 2.05) is 34.9 Å². The zero-order valence-corrected chi connectivity index (χ0v) is 15.4. The molecular weight excluding hydrogens is 358 g/mol. The minimum atomic E-state index is 0.573. The van der Waals surface area contributed by atoms with Crippen LogP contribution in [-0.4, -0.2) is 24.9 Å². The Morgan fingerprint density at radius 2 is 2.08 bits per heavy atom. The van der Waals surface area contributed by atoms with Gasteiger partial charge in [-0.1, -0.05) is 41.5 Å². The molecule has 1 aromatic carbocycles. The highest BCUT2D eigenvalue weighted by atomic mass is 35.5. The van der Waals surface area contributed by atoms with Gasteiger partial charge in [0, 0.05) is 23.6 Å². The number of nitrogens with zero attached hydrogens (tertiary/aromatic N) is 5. The highest BCUT2D eigenvalue weighted by Crippen LogP contribution is 2.26. The smallest absolute Gasteiger partial charge is 0.226 e. The average molecular weight is 376 g/mol. The van der Waals surface area contributed by atoms with E-state index in [2.05, 4.69) is 33.8 Å². The Bertz CT molecular complexity index is 843. The van der Waals surface area contributed by atoms with Gasteiger partial charge in [-0.15, -0.1) is 16.8 Å². The molecule has 0 radical (unpaired) electrons. The molecule has 0 aliphatic rings. The fourth-order valence-electron chi connectivity index (χ4n) is 2.29. The second-order valence-corrected chi connectivity index (χ2v) is 6.73. The van der Waals surface area contributed by atoms with E-state index in [4.69, 9.17) is 16.1 Å². The first kappa shape index (κ1) is 17.7. The van der Waals surface area contributed by atoms with E-state index in [1.165, 1.54) is 11.8 Å². The van der Waals surface area contributed by atoms with Crippen LogP contribution in [0.15, 0.2) is 46.6 Å². The Morgan fingerprint density at radius 3 is 2.80 bits per heavy atom. The number of thioether (sulfide) groups is 1. The third-order valence-electron chi connectivity index (χ3n) is 3.44. The monoisotopic (exact) mass is 375 g/mol. The third-order valence-corrected chi connectivity index (χ3v) is 4.65. The van der Waals surface area contributed by atoms with Crippen molar-refractivity contribution in [2.45, 2.75) is 37.2 Å². The lowest BCUT2D eigenvalue weighted by molar-refractivity contribution is 0.373. The fourth-order valence-corrected chi connectivity index (χ4v) is 3.21. The first-order valence-corrected chi connectivity index (χ1v) is 9.32. The van der Waals surface area contributed by atoms with Crippen molar-refractivity contribution in [3.63, 3.8) is 0 Å². The summed E-state index contributed by atoms with van der Waals surface area (Å²) in [7, 11) is 0. The zero-order chi connectivity index (χ0) is 17.6. The quantitative estimate of drug-likeness (QED) is 0.429. The molecule has 8 heteroatoms. The summed E-state index contributed by atoms with van der Waals surface area (Å²) in [5, 5.41) is 14.1. The largest absolute Gasteiger partial charge is 0.339 e. The van der Waals surface area contributed by atoms with E-state index in [9.17, 15) is 0 Å². The summed E-state index contributed by atoms with van der Waals surface area (Å²) in [5.74, 6) is 2.68. The van der Waals surface area contributed by atoms with Gasteiger partial charge in [0.25, 0.3) is 0 Å². The van der Waals surface area contributed by atoms with Crippen molar-refractivity contribution in [3.8, 4) is 11.4 Å². The molecule has 3 rings (SSSR count). The Labute approximate surface area is 155 Å². The molecule has 0 N–H and O–H groups in total. The maximum Gasteiger partial charge on any atom is 0.226 e. The molecule has 0 fully saturated rings. The van der Waals surface area contributed by atoms with Crippen molar-refractivity contribution in [3.05, 3.63) is 53.7 Å². The van der Waals surface area contributed by atoms with Crippen molar-refractivity contribution in [2.24, 2.45) is 0 Å². The van der Waals surface area contributed by atoms with Crippen LogP contribution in [0, 0.1) is 0 Å². The molecule has 2 aromatic heterocycles. The second kappa shape index (κ2) is 8.31. The molecule has 3 aromatic rings. The molecule has 130 valence electrons. The molecule has 0 amide bonds. The lowest BCUT2D eigenvalue weighted by atomic mass is 10.2. The Morgan fingerprint density at radius 1 is 1.28 bits per heavy atom. The molecule has 0 saturated carbocycles. The van der Waals surface area contributed by atoms with Gasteiger partial charge in [-0.3, -0.25) is 4.57 Å². The molecule has 0 spiro atoms. The number of halogens is 1. The lowest BCUT2D eigenvalue weighted by Crippen LogP contribution is -2.01. The third kappa shape index (κ3) is 4.29. The summed E-state index contributed by atoms with van der Waals surface area (Å²) in [6.45, 7) is 6.51. The van der Waals surface area contributed by atoms with E-state index in [1.54, 1.807) is 0 Å². The number of aryl methyl sites for hydroxylation is 1. The van der Waals surface area contributed by atoms with Gasteiger partial charge >= 0.3 is 0 Å². The van der Waals surface area contributed by atoms with Gasteiger partial charge in [0.05, 0.1) is 5.75 Å². The Hall–Kier alpha value is -2.12. The topological polar surface area (TPSA) is 69.6 Å². The van der Waals surface area contributed by atoms with E-state index in [-0.39, 0.29) is 0 Å². The molecular formula is C17H18ClN5OS. The van der Waals surface area contributed by atoms with Gasteiger partial charge in [-0.2, -0.15) is 4.98 Å². The SMILES string of the molecule is C=CCn1c(SCc2noc(CCC)n2)nnc1-c1ccc(Cl)cc1. The minimum Gasteiger partial charge on any atom is -0.339 e. The van der Waals surface area contributed by atoms with Crippen LogP contribution in [0.4, 0.5) is 0 Å². The summed E-state index contributed by atoms with van der Waals surface area (Å²) in [5.41, 5.74) is 0.954. The Balaban J connectivity index is 1.78. The normalized spacial score (nSPS) is 11.0. The van der Waals surface area contributed by atoms with Gasteiger partial charge in [0.15, 0.2) is 16.8 Å². The minimum absolute atomic E-state index is 0.573. The van der Waals surface area contributed by atoms with Crippen molar-refractivity contribution >= 4 is 23.4 Å². The number of hydrogen-bond donors (Lipinski definition) is 0. The van der Waals surface area contributed by atoms with Gasteiger partial charge in [0.2, 0.25) is 5.89 Å². The van der Waals surface area contributed by atoms with Crippen LogP contribution in [0.5, 0.6) is 0 Å². The molecule has 0 bridgehead atoms. The molecule has 6 nitrogen and oxygen atoms in total. The predicted molar refractivity (Wildman–Crippen MR) is 98.5 cm³/mol. The number of benzene rings is 1. The predicted octanol–water partition coefficient (Wildman–Crippen LogP) is 4.41. The number of allylic oxidation sites excluding steroid dienone is 1. The van der Waals surface area contributed by atoms with Crippen molar-refractivity contribution in [2.75, 3.05) is 0 Å². The van der Waals surface area contributed by atoms with E-state index in [0.29, 0.717) is 29.0 Å². The molecule has 0 saturated heterocycles. The Kier molecular flexibility index (Phi) is 5.88. The van der Waals surface area contributed by atoms with Crippen LogP contribution in [0.3, 0.4) is 0 Å². The molecule has 0 unspecified atom stereocenters. The van der Waals surface area contributed by atoms with Crippen molar-refractivity contribution in [1.29, 1.82) is 0 Å². The highest BCUT2D eigenvalue weighted by molar-refractivity contribution is 7.98. The summed E-state index contributed by atoms with van der Waals surface area (Å²) in [6.07, 6.45) is 3.60. The first-order valence-electron chi connectivity index (χ1n) is 7.95. The van der Waals surface area contributed by atoms with Gasteiger partial charge in [0.1, 0.15) is 0 Å². The van der Waals surface area contributed by atoms with Crippen LogP contribution in [0.2, 0.25) is 5.02 Å². The second-order valence-electron chi connectivity index (χ2n) is 5.36. The summed E-state index contributed by atoms with van der Waals surface area (Å²) in [6, 6.07) is 7.53. The van der Waals surface area contributed by atoms with Crippen LogP contribution in [-0.2, 0) is 18.7 Å². The van der Waals surface area contributed by atoms with Gasteiger partial charge < -0.3 is 4.52 Å². The fraction of sp³-hybridized carbons (Fsp3) is 0.294. The summed E-state index contributed by atoms with van der Waals surface area (Å²) < 4.78 is 7.22. The molecule has 25 heavy (non-hydrogen) atoms. The van der Waals surface area contributed by atoms with Crippen molar-refractivity contribution in [1.82, 2.24) is 24.9 Å². The highest BCUT2D eigenvalue weighted by Gasteiger charge is 2.15. The van der Waals surface area contributed by atoms with E-state index < -0.39 is 0 Å². The van der Waals surface area contributed by atoms with E-state index >= 15 is 0 Å². The average Bonchev–Trinajstić information content (AvgIpc) is 3.22. The van der Waals surface area contributed by atoms with Crippen LogP contribution in [0.25, 0.3) is 11.4 Å². The maximum atomic E-state index is 5.96. The maximum absolute atomic E-state index is 5.96. The molecule has 0 aliphatic heterocycles. The molecule has 0 aliphatic carbocycles. The number of aromatic nitrogens is 5. The van der Waals surface area contributed by atoms with Crippen molar-refractivity contribution < 1.29 is 4.52 Å². The van der Waals surface area contributed by atoms with Crippen LogP contribution < -0.4 is 0 Å². The lowest BCUT2D eigenvalue weighted by Gasteiger charge is -2.07. The molecule has 2 heterocycles. The number of hydrogen-bond acceptors (Lipinski definition) is 6.